The molecule has 0 saturated heterocycles. The van der Waals surface area contributed by atoms with Crippen molar-refractivity contribution in [1.29, 1.82) is 0 Å². The fraction of sp³-hybridized carbons (Fsp3) is 0.150. The van der Waals surface area contributed by atoms with Gasteiger partial charge in [-0.3, -0.25) is 15.1 Å². The highest BCUT2D eigenvalue weighted by Gasteiger charge is 2.20. The van der Waals surface area contributed by atoms with E-state index in [0.29, 0.717) is 11.3 Å². The summed E-state index contributed by atoms with van der Waals surface area (Å²) >= 11 is 0. The Morgan fingerprint density at radius 2 is 1.96 bits per heavy atom. The van der Waals surface area contributed by atoms with E-state index in [1.807, 2.05) is 32.0 Å². The summed E-state index contributed by atoms with van der Waals surface area (Å²) < 4.78 is 13.6. The number of amides is 1. The van der Waals surface area contributed by atoms with Gasteiger partial charge >= 0.3 is 0 Å². The van der Waals surface area contributed by atoms with Gasteiger partial charge in [0, 0.05) is 11.9 Å². The maximum Gasteiger partial charge on any atom is 0.276 e. The summed E-state index contributed by atoms with van der Waals surface area (Å²) in [6, 6.07) is 10.5. The first-order valence-corrected chi connectivity index (χ1v) is 8.20. The summed E-state index contributed by atoms with van der Waals surface area (Å²) in [5.74, 6) is -0.359. The SMILES string of the molecule is C/C=N\c1ccc(/C=C2\N=C(Nc3ccc(C)c(F)c3)NC2=O)cc1C. The fourth-order valence-electron chi connectivity index (χ4n) is 2.55. The van der Waals surface area contributed by atoms with Crippen LogP contribution in [0.25, 0.3) is 6.08 Å². The van der Waals surface area contributed by atoms with Gasteiger partial charge < -0.3 is 5.32 Å². The summed E-state index contributed by atoms with van der Waals surface area (Å²) in [5.41, 5.74) is 4.11. The topological polar surface area (TPSA) is 65.8 Å². The van der Waals surface area contributed by atoms with E-state index in [1.54, 1.807) is 31.3 Å². The summed E-state index contributed by atoms with van der Waals surface area (Å²) in [5, 5.41) is 5.55. The Morgan fingerprint density at radius 1 is 1.15 bits per heavy atom. The van der Waals surface area contributed by atoms with E-state index in [2.05, 4.69) is 20.6 Å². The van der Waals surface area contributed by atoms with Crippen LogP contribution in [0, 0.1) is 19.7 Å². The van der Waals surface area contributed by atoms with Crippen LogP contribution in [0.5, 0.6) is 0 Å². The zero-order valence-corrected chi connectivity index (χ0v) is 14.8. The third-order valence-corrected chi connectivity index (χ3v) is 3.92. The third kappa shape index (κ3) is 3.85. The maximum absolute atomic E-state index is 13.6. The molecule has 0 atom stereocenters. The lowest BCUT2D eigenvalue weighted by Gasteiger charge is -2.06. The number of anilines is 1. The van der Waals surface area contributed by atoms with Crippen molar-refractivity contribution >= 4 is 35.5 Å². The Kier molecular flexibility index (Phi) is 4.93. The quantitative estimate of drug-likeness (QED) is 0.646. The normalized spacial score (nSPS) is 15.5. The number of hydrogen-bond donors (Lipinski definition) is 2. The Hall–Kier alpha value is -3.28. The molecule has 2 N–H and O–H groups in total. The molecule has 1 aliphatic heterocycles. The summed E-state index contributed by atoms with van der Waals surface area (Å²) in [6.45, 7) is 5.51. The fourth-order valence-corrected chi connectivity index (χ4v) is 2.55. The monoisotopic (exact) mass is 350 g/mol. The van der Waals surface area contributed by atoms with Crippen molar-refractivity contribution in [3.05, 3.63) is 64.6 Å². The molecule has 0 saturated carbocycles. The number of halogens is 1. The number of nitrogens with one attached hydrogen (secondary N) is 2. The van der Waals surface area contributed by atoms with Crippen molar-refractivity contribution in [2.45, 2.75) is 20.8 Å². The molecule has 0 aromatic heterocycles. The van der Waals surface area contributed by atoms with Gasteiger partial charge in [-0.15, -0.1) is 0 Å². The van der Waals surface area contributed by atoms with Gasteiger partial charge in [-0.1, -0.05) is 12.1 Å². The van der Waals surface area contributed by atoms with Gasteiger partial charge in [0.15, 0.2) is 0 Å². The van der Waals surface area contributed by atoms with E-state index in [9.17, 15) is 9.18 Å². The van der Waals surface area contributed by atoms with Crippen molar-refractivity contribution in [2.24, 2.45) is 9.98 Å². The molecule has 0 radical (unpaired) electrons. The van der Waals surface area contributed by atoms with Crippen molar-refractivity contribution in [3.63, 3.8) is 0 Å². The molecule has 26 heavy (non-hydrogen) atoms. The third-order valence-electron chi connectivity index (χ3n) is 3.92. The van der Waals surface area contributed by atoms with E-state index >= 15 is 0 Å². The lowest BCUT2D eigenvalue weighted by Crippen LogP contribution is -2.30. The molecule has 2 aromatic rings. The predicted molar refractivity (Wildman–Crippen MR) is 103 cm³/mol. The van der Waals surface area contributed by atoms with Crippen LogP contribution < -0.4 is 10.6 Å². The average Bonchev–Trinajstić information content (AvgIpc) is 2.93. The van der Waals surface area contributed by atoms with E-state index in [1.165, 1.54) is 6.07 Å². The Labute approximate surface area is 151 Å². The van der Waals surface area contributed by atoms with Gasteiger partial charge in [0.1, 0.15) is 11.5 Å². The number of carbonyl (C=O) groups is 1. The van der Waals surface area contributed by atoms with Crippen molar-refractivity contribution < 1.29 is 9.18 Å². The van der Waals surface area contributed by atoms with Gasteiger partial charge in [0.2, 0.25) is 5.96 Å². The number of guanidine groups is 1. The van der Waals surface area contributed by atoms with Crippen molar-refractivity contribution in [1.82, 2.24) is 5.32 Å². The highest BCUT2D eigenvalue weighted by Crippen LogP contribution is 2.22. The second-order valence-electron chi connectivity index (χ2n) is 5.97. The predicted octanol–water partition coefficient (Wildman–Crippen LogP) is 4.10. The summed E-state index contributed by atoms with van der Waals surface area (Å²) in [4.78, 5) is 20.7. The van der Waals surface area contributed by atoms with Gasteiger partial charge in [-0.2, -0.15) is 0 Å². The number of aliphatic imine (C=N–C) groups is 2. The zero-order valence-electron chi connectivity index (χ0n) is 14.8. The molecule has 2 aromatic carbocycles. The first-order valence-electron chi connectivity index (χ1n) is 8.20. The minimum Gasteiger partial charge on any atom is -0.326 e. The van der Waals surface area contributed by atoms with Crippen molar-refractivity contribution in [3.8, 4) is 0 Å². The van der Waals surface area contributed by atoms with Crippen LogP contribution in [0.4, 0.5) is 15.8 Å². The molecule has 0 spiro atoms. The van der Waals surface area contributed by atoms with Gasteiger partial charge in [-0.05, 0) is 67.8 Å². The minimum absolute atomic E-state index is 0.272. The van der Waals surface area contributed by atoms with Crippen LogP contribution in [0.3, 0.4) is 0 Å². The second-order valence-corrected chi connectivity index (χ2v) is 5.97. The lowest BCUT2D eigenvalue weighted by atomic mass is 10.1. The van der Waals surface area contributed by atoms with Crippen LogP contribution in [-0.2, 0) is 4.79 Å². The second kappa shape index (κ2) is 7.31. The number of aryl methyl sites for hydroxylation is 2. The average molecular weight is 350 g/mol. The molecule has 0 fully saturated rings. The first kappa shape index (κ1) is 17.5. The Balaban J connectivity index is 1.82. The van der Waals surface area contributed by atoms with Crippen molar-refractivity contribution in [2.75, 3.05) is 5.32 Å². The summed E-state index contributed by atoms with van der Waals surface area (Å²) in [6.07, 6.45) is 3.44. The number of carbonyl (C=O) groups excluding carboxylic acids is 1. The summed E-state index contributed by atoms with van der Waals surface area (Å²) in [7, 11) is 0. The molecule has 0 bridgehead atoms. The van der Waals surface area contributed by atoms with Gasteiger partial charge in [-0.25, -0.2) is 9.38 Å². The Morgan fingerprint density at radius 3 is 2.65 bits per heavy atom. The molecule has 0 unspecified atom stereocenters. The molecule has 5 nitrogen and oxygen atoms in total. The lowest BCUT2D eigenvalue weighted by molar-refractivity contribution is -0.115. The van der Waals surface area contributed by atoms with Gasteiger partial charge in [0.25, 0.3) is 5.91 Å². The number of hydrogen-bond acceptors (Lipinski definition) is 4. The van der Waals surface area contributed by atoms with Crippen LogP contribution in [-0.4, -0.2) is 18.1 Å². The van der Waals surface area contributed by atoms with Crippen LogP contribution in [0.15, 0.2) is 52.1 Å². The van der Waals surface area contributed by atoms with Crippen LogP contribution in [0.2, 0.25) is 0 Å². The molecular weight excluding hydrogens is 331 g/mol. The maximum atomic E-state index is 13.6. The molecule has 0 aliphatic carbocycles. The zero-order chi connectivity index (χ0) is 18.7. The molecule has 132 valence electrons. The molecule has 1 aliphatic rings. The van der Waals surface area contributed by atoms with E-state index in [4.69, 9.17) is 0 Å². The molecule has 6 heteroatoms. The molecule has 3 rings (SSSR count). The minimum atomic E-state index is -0.319. The largest absolute Gasteiger partial charge is 0.326 e. The molecule has 1 amide bonds. The number of nitrogens with zero attached hydrogens (tertiary/aromatic N) is 2. The highest BCUT2D eigenvalue weighted by molar-refractivity contribution is 6.17. The van der Waals surface area contributed by atoms with E-state index in [0.717, 1.165) is 16.8 Å². The number of benzene rings is 2. The highest BCUT2D eigenvalue weighted by atomic mass is 19.1. The molecule has 1 heterocycles. The Bertz CT molecular complexity index is 960. The molecular formula is C20H19FN4O. The van der Waals surface area contributed by atoms with Gasteiger partial charge in [0.05, 0.1) is 5.69 Å². The first-order chi connectivity index (χ1) is 12.5. The van der Waals surface area contributed by atoms with Crippen LogP contribution >= 0.6 is 0 Å². The van der Waals surface area contributed by atoms with E-state index < -0.39 is 0 Å². The van der Waals surface area contributed by atoms with Crippen LogP contribution in [0.1, 0.15) is 23.6 Å². The number of rotatable bonds is 3. The smallest absolute Gasteiger partial charge is 0.276 e. The standard InChI is InChI=1S/C20H19FN4O/c1-4-22-17-8-6-14(9-13(17)3)10-18-19(26)25-20(24-18)23-15-7-5-12(2)16(21)11-15/h4-11H,1-3H3,(H2,23,24,25,26)/b18-10-,22-4-. The van der Waals surface area contributed by atoms with E-state index in [-0.39, 0.29) is 23.4 Å².